The molecule has 1 atom stereocenters. The summed E-state index contributed by atoms with van der Waals surface area (Å²) in [6.07, 6.45) is 2.11. The van der Waals surface area contributed by atoms with Crippen LogP contribution >= 0.6 is 12.2 Å². The van der Waals surface area contributed by atoms with Gasteiger partial charge in [-0.1, -0.05) is 48.0 Å². The van der Waals surface area contributed by atoms with Crippen molar-refractivity contribution in [3.63, 3.8) is 0 Å². The summed E-state index contributed by atoms with van der Waals surface area (Å²) in [5, 5.41) is 7.34. The van der Waals surface area contributed by atoms with Gasteiger partial charge in [0.2, 0.25) is 0 Å². The highest BCUT2D eigenvalue weighted by Crippen LogP contribution is 2.16. The normalized spacial score (nSPS) is 11.8. The summed E-state index contributed by atoms with van der Waals surface area (Å²) in [5.41, 5.74) is 4.90. The Morgan fingerprint density at radius 1 is 1.09 bits per heavy atom. The van der Waals surface area contributed by atoms with E-state index < -0.39 is 0 Å². The lowest BCUT2D eigenvalue weighted by atomic mass is 10.1. The van der Waals surface area contributed by atoms with E-state index in [1.165, 1.54) is 16.7 Å². The van der Waals surface area contributed by atoms with Crippen LogP contribution in [0, 0.1) is 13.8 Å². The van der Waals surface area contributed by atoms with Crippen molar-refractivity contribution in [3.05, 3.63) is 65.2 Å². The van der Waals surface area contributed by atoms with E-state index in [2.05, 4.69) is 73.9 Å². The molecule has 0 aromatic heterocycles. The molecule has 0 fully saturated rings. The third-order valence-electron chi connectivity index (χ3n) is 3.72. The second-order valence-electron chi connectivity index (χ2n) is 5.84. The van der Waals surface area contributed by atoms with E-state index in [9.17, 15) is 0 Å². The van der Waals surface area contributed by atoms with Crippen LogP contribution in [0.5, 0.6) is 0 Å². The molecule has 2 N–H and O–H groups in total. The highest BCUT2D eigenvalue weighted by Gasteiger charge is 2.06. The number of aryl methyl sites for hydroxylation is 3. The van der Waals surface area contributed by atoms with Crippen molar-refractivity contribution < 1.29 is 0 Å². The second kappa shape index (κ2) is 7.95. The SMILES string of the molecule is Cc1ccc(NC(=S)NC(C)CCc2ccccc2)c(C)c1. The number of rotatable bonds is 5. The van der Waals surface area contributed by atoms with Crippen LogP contribution in [0.3, 0.4) is 0 Å². The van der Waals surface area contributed by atoms with Crippen molar-refractivity contribution in [1.82, 2.24) is 5.32 Å². The molecule has 0 radical (unpaired) electrons. The van der Waals surface area contributed by atoms with Crippen molar-refractivity contribution in [1.29, 1.82) is 0 Å². The first-order valence-corrected chi connectivity index (χ1v) is 8.14. The van der Waals surface area contributed by atoms with Gasteiger partial charge in [-0.15, -0.1) is 0 Å². The maximum absolute atomic E-state index is 5.41. The van der Waals surface area contributed by atoms with E-state index in [0.29, 0.717) is 11.2 Å². The highest BCUT2D eigenvalue weighted by molar-refractivity contribution is 7.80. The zero-order valence-electron chi connectivity index (χ0n) is 13.5. The Morgan fingerprint density at radius 3 is 2.50 bits per heavy atom. The molecule has 2 nitrogen and oxygen atoms in total. The van der Waals surface area contributed by atoms with Crippen LogP contribution in [0.15, 0.2) is 48.5 Å². The zero-order chi connectivity index (χ0) is 15.9. The first-order chi connectivity index (χ1) is 10.5. The van der Waals surface area contributed by atoms with Gasteiger partial charge in [0.15, 0.2) is 5.11 Å². The zero-order valence-corrected chi connectivity index (χ0v) is 14.3. The molecule has 116 valence electrons. The Kier molecular flexibility index (Phi) is 5.96. The number of anilines is 1. The van der Waals surface area contributed by atoms with Crippen LogP contribution < -0.4 is 10.6 Å². The molecule has 2 rings (SSSR count). The number of thiocarbonyl (C=S) groups is 1. The van der Waals surface area contributed by atoms with Crippen LogP contribution in [0.1, 0.15) is 30.0 Å². The van der Waals surface area contributed by atoms with E-state index in [1.807, 2.05) is 6.07 Å². The van der Waals surface area contributed by atoms with Gasteiger partial charge in [-0.2, -0.15) is 0 Å². The Bertz CT molecular complexity index is 623. The van der Waals surface area contributed by atoms with Crippen molar-refractivity contribution >= 4 is 23.0 Å². The fourth-order valence-corrected chi connectivity index (χ4v) is 2.75. The average Bonchev–Trinajstić information content (AvgIpc) is 2.49. The molecule has 0 aliphatic heterocycles. The third-order valence-corrected chi connectivity index (χ3v) is 3.94. The van der Waals surface area contributed by atoms with Crippen molar-refractivity contribution in [2.24, 2.45) is 0 Å². The summed E-state index contributed by atoms with van der Waals surface area (Å²) in [5.74, 6) is 0. The van der Waals surface area contributed by atoms with E-state index in [-0.39, 0.29) is 0 Å². The van der Waals surface area contributed by atoms with E-state index in [4.69, 9.17) is 12.2 Å². The summed E-state index contributed by atoms with van der Waals surface area (Å²) in [6.45, 7) is 6.36. The predicted octanol–water partition coefficient (Wildman–Crippen LogP) is 4.61. The van der Waals surface area contributed by atoms with Gasteiger partial charge in [0.25, 0.3) is 0 Å². The molecular formula is C19H24N2S. The molecule has 0 aliphatic rings. The molecule has 2 aromatic rings. The number of benzene rings is 2. The van der Waals surface area contributed by atoms with E-state index in [1.54, 1.807) is 0 Å². The fourth-order valence-electron chi connectivity index (χ4n) is 2.44. The average molecular weight is 312 g/mol. The standard InChI is InChI=1S/C19H24N2S/c1-14-9-12-18(15(2)13-14)21-19(22)20-16(3)10-11-17-7-5-4-6-8-17/h4-9,12-13,16H,10-11H2,1-3H3,(H2,20,21,22). The molecular weight excluding hydrogens is 288 g/mol. The lowest BCUT2D eigenvalue weighted by Crippen LogP contribution is -2.36. The van der Waals surface area contributed by atoms with E-state index >= 15 is 0 Å². The molecule has 22 heavy (non-hydrogen) atoms. The molecule has 0 amide bonds. The first kappa shape index (κ1) is 16.5. The topological polar surface area (TPSA) is 24.1 Å². The molecule has 0 aliphatic carbocycles. The highest BCUT2D eigenvalue weighted by atomic mass is 32.1. The summed E-state index contributed by atoms with van der Waals surface area (Å²) >= 11 is 5.41. The molecule has 0 heterocycles. The third kappa shape index (κ3) is 5.15. The van der Waals surface area contributed by atoms with Gasteiger partial charge in [0.05, 0.1) is 0 Å². The summed E-state index contributed by atoms with van der Waals surface area (Å²) in [6, 6.07) is 17.2. The predicted molar refractivity (Wildman–Crippen MR) is 99.5 cm³/mol. The Morgan fingerprint density at radius 2 is 1.82 bits per heavy atom. The number of hydrogen-bond donors (Lipinski definition) is 2. The molecule has 0 spiro atoms. The molecule has 2 aromatic carbocycles. The van der Waals surface area contributed by atoms with Crippen molar-refractivity contribution in [2.45, 2.75) is 39.7 Å². The van der Waals surface area contributed by atoms with Gasteiger partial charge in [-0.25, -0.2) is 0 Å². The fraction of sp³-hybridized carbons (Fsp3) is 0.316. The van der Waals surface area contributed by atoms with Gasteiger partial charge < -0.3 is 10.6 Å². The Labute approximate surface area is 139 Å². The lowest BCUT2D eigenvalue weighted by Gasteiger charge is -2.18. The molecule has 0 bridgehead atoms. The first-order valence-electron chi connectivity index (χ1n) is 7.73. The van der Waals surface area contributed by atoms with E-state index in [0.717, 1.165) is 18.5 Å². The van der Waals surface area contributed by atoms with Crippen LogP contribution in [0.2, 0.25) is 0 Å². The van der Waals surface area contributed by atoms with Crippen molar-refractivity contribution in [3.8, 4) is 0 Å². The van der Waals surface area contributed by atoms with Gasteiger partial charge in [-0.05, 0) is 63.0 Å². The summed E-state index contributed by atoms with van der Waals surface area (Å²) < 4.78 is 0. The smallest absolute Gasteiger partial charge is 0.170 e. The molecule has 0 saturated carbocycles. The summed E-state index contributed by atoms with van der Waals surface area (Å²) in [7, 11) is 0. The molecule has 1 unspecified atom stereocenters. The maximum Gasteiger partial charge on any atom is 0.170 e. The van der Waals surface area contributed by atoms with Crippen LogP contribution in [-0.2, 0) is 6.42 Å². The monoisotopic (exact) mass is 312 g/mol. The maximum atomic E-state index is 5.41. The second-order valence-corrected chi connectivity index (χ2v) is 6.25. The molecule has 0 saturated heterocycles. The largest absolute Gasteiger partial charge is 0.360 e. The van der Waals surface area contributed by atoms with Crippen LogP contribution in [0.25, 0.3) is 0 Å². The van der Waals surface area contributed by atoms with Gasteiger partial charge >= 0.3 is 0 Å². The van der Waals surface area contributed by atoms with Crippen LogP contribution in [-0.4, -0.2) is 11.2 Å². The minimum absolute atomic E-state index is 0.339. The van der Waals surface area contributed by atoms with Gasteiger partial charge in [-0.3, -0.25) is 0 Å². The van der Waals surface area contributed by atoms with Crippen LogP contribution in [0.4, 0.5) is 5.69 Å². The quantitative estimate of drug-likeness (QED) is 0.788. The molecule has 3 heteroatoms. The minimum Gasteiger partial charge on any atom is -0.360 e. The van der Waals surface area contributed by atoms with Crippen molar-refractivity contribution in [2.75, 3.05) is 5.32 Å². The number of hydrogen-bond acceptors (Lipinski definition) is 1. The van der Waals surface area contributed by atoms with Gasteiger partial charge in [0.1, 0.15) is 0 Å². The number of nitrogens with one attached hydrogen (secondary N) is 2. The lowest BCUT2D eigenvalue weighted by molar-refractivity contribution is 0.609. The Hall–Kier alpha value is -1.87. The Balaban J connectivity index is 1.81. The summed E-state index contributed by atoms with van der Waals surface area (Å²) in [4.78, 5) is 0. The minimum atomic E-state index is 0.339. The van der Waals surface area contributed by atoms with Gasteiger partial charge in [0, 0.05) is 11.7 Å².